The van der Waals surface area contributed by atoms with Crippen LogP contribution in [0.3, 0.4) is 0 Å². The highest BCUT2D eigenvalue weighted by atomic mass is 32.2. The van der Waals surface area contributed by atoms with Gasteiger partial charge in [0.05, 0.1) is 10.8 Å². The highest BCUT2D eigenvalue weighted by Crippen LogP contribution is 2.45. The van der Waals surface area contributed by atoms with E-state index in [0.717, 1.165) is 18.6 Å². The number of nitro groups is 1. The number of nitrogens with zero attached hydrogens (tertiary/aromatic N) is 2. The number of β-lactam (4-membered cyclic amide) rings is 1. The van der Waals surface area contributed by atoms with Gasteiger partial charge in [-0.3, -0.25) is 14.9 Å². The third kappa shape index (κ3) is 3.30. The molecule has 4 atom stereocenters. The summed E-state index contributed by atoms with van der Waals surface area (Å²) >= 11 is 1.69. The first kappa shape index (κ1) is 18.7. The molecule has 0 radical (unpaired) electrons. The van der Waals surface area contributed by atoms with Gasteiger partial charge in [0, 0.05) is 23.4 Å². The van der Waals surface area contributed by atoms with E-state index in [1.165, 1.54) is 12.1 Å². The van der Waals surface area contributed by atoms with Gasteiger partial charge < -0.3 is 9.64 Å². The van der Waals surface area contributed by atoms with E-state index >= 15 is 0 Å². The Morgan fingerprint density at radius 1 is 1.35 bits per heavy atom. The Morgan fingerprint density at radius 2 is 2.04 bits per heavy atom. The number of non-ortho nitro benzene ring substituents is 1. The van der Waals surface area contributed by atoms with Gasteiger partial charge in [0.25, 0.3) is 5.69 Å². The summed E-state index contributed by atoms with van der Waals surface area (Å²) in [4.78, 5) is 37.0. The summed E-state index contributed by atoms with van der Waals surface area (Å²) in [6, 6.07) is 5.53. The smallest absolute Gasteiger partial charge is 0.330 e. The van der Waals surface area contributed by atoms with Gasteiger partial charge >= 0.3 is 5.97 Å². The van der Waals surface area contributed by atoms with E-state index in [1.54, 1.807) is 28.8 Å². The molecule has 0 aromatic heterocycles. The molecule has 0 bridgehead atoms. The Balaban J connectivity index is 1.65. The van der Waals surface area contributed by atoms with E-state index in [2.05, 4.69) is 0 Å². The van der Waals surface area contributed by atoms with Crippen LogP contribution in [0.5, 0.6) is 0 Å². The van der Waals surface area contributed by atoms with E-state index in [1.807, 2.05) is 13.8 Å². The predicted molar refractivity (Wildman–Crippen MR) is 97.6 cm³/mol. The molecular weight excluding hydrogens is 356 g/mol. The number of rotatable bonds is 7. The lowest BCUT2D eigenvalue weighted by Gasteiger charge is -2.44. The molecule has 8 heteroatoms. The summed E-state index contributed by atoms with van der Waals surface area (Å²) in [7, 11) is 0. The van der Waals surface area contributed by atoms with Crippen molar-refractivity contribution < 1.29 is 19.2 Å². The van der Waals surface area contributed by atoms with Crippen LogP contribution in [0.2, 0.25) is 0 Å². The molecule has 7 nitrogen and oxygen atoms in total. The fourth-order valence-electron chi connectivity index (χ4n) is 3.84. The number of thioether (sulfide) groups is 1. The Kier molecular flexibility index (Phi) is 5.50. The van der Waals surface area contributed by atoms with E-state index in [-0.39, 0.29) is 41.4 Å². The minimum atomic E-state index is -0.529. The molecule has 1 unspecified atom stereocenters. The van der Waals surface area contributed by atoms with E-state index in [4.69, 9.17) is 4.74 Å². The van der Waals surface area contributed by atoms with Crippen molar-refractivity contribution in [1.29, 1.82) is 0 Å². The fraction of sp³-hybridized carbons (Fsp3) is 0.556. The average molecular weight is 378 g/mol. The quantitative estimate of drug-likeness (QED) is 0.314. The Hall–Kier alpha value is -2.09. The third-order valence-electron chi connectivity index (χ3n) is 5.11. The van der Waals surface area contributed by atoms with E-state index in [9.17, 15) is 19.7 Å². The number of esters is 1. The molecule has 0 aliphatic carbocycles. The van der Waals surface area contributed by atoms with Crippen LogP contribution in [0.15, 0.2) is 24.3 Å². The summed E-state index contributed by atoms with van der Waals surface area (Å²) in [5.74, 6) is 0.568. The lowest BCUT2D eigenvalue weighted by atomic mass is 9.86. The number of carbonyl (C=O) groups excluding carboxylic acids is 2. The van der Waals surface area contributed by atoms with Crippen molar-refractivity contribution in [3.8, 4) is 0 Å². The molecule has 1 amide bonds. The van der Waals surface area contributed by atoms with E-state index in [0.29, 0.717) is 5.56 Å². The van der Waals surface area contributed by atoms with Gasteiger partial charge in [0.1, 0.15) is 12.6 Å². The van der Waals surface area contributed by atoms with Crippen molar-refractivity contribution in [3.63, 3.8) is 0 Å². The monoisotopic (exact) mass is 378 g/mol. The first-order chi connectivity index (χ1) is 12.5. The number of benzene rings is 1. The van der Waals surface area contributed by atoms with Gasteiger partial charge in [-0.2, -0.15) is 11.8 Å². The summed E-state index contributed by atoms with van der Waals surface area (Å²) in [6.45, 7) is 4.08. The maximum absolute atomic E-state index is 12.7. The lowest BCUT2D eigenvalue weighted by molar-refractivity contribution is -0.384. The van der Waals surface area contributed by atoms with Gasteiger partial charge in [-0.25, -0.2) is 4.79 Å². The van der Waals surface area contributed by atoms with Crippen molar-refractivity contribution in [2.75, 3.05) is 5.75 Å². The molecule has 2 saturated heterocycles. The topological polar surface area (TPSA) is 89.8 Å². The third-order valence-corrected chi connectivity index (χ3v) is 6.32. The zero-order valence-electron chi connectivity index (χ0n) is 14.8. The van der Waals surface area contributed by atoms with Crippen LogP contribution >= 0.6 is 11.8 Å². The highest BCUT2D eigenvalue weighted by Gasteiger charge is 2.59. The molecule has 140 valence electrons. The number of fused-ring (bicyclic) bond motifs is 1. The first-order valence-corrected chi connectivity index (χ1v) is 9.86. The molecule has 0 N–H and O–H groups in total. The number of ether oxygens (including phenoxy) is 1. The van der Waals surface area contributed by atoms with Crippen LogP contribution in [-0.4, -0.2) is 44.8 Å². The normalized spacial score (nSPS) is 27.0. The second-order valence-electron chi connectivity index (χ2n) is 6.53. The maximum Gasteiger partial charge on any atom is 0.330 e. The summed E-state index contributed by atoms with van der Waals surface area (Å²) < 4.78 is 5.44. The molecule has 2 heterocycles. The number of hydrogen-bond acceptors (Lipinski definition) is 6. The second-order valence-corrected chi connectivity index (χ2v) is 8.05. The minimum absolute atomic E-state index is 0.00472. The lowest BCUT2D eigenvalue weighted by Crippen LogP contribution is -2.62. The first-order valence-electron chi connectivity index (χ1n) is 8.81. The van der Waals surface area contributed by atoms with Crippen molar-refractivity contribution in [1.82, 2.24) is 4.90 Å². The zero-order chi connectivity index (χ0) is 18.8. The minimum Gasteiger partial charge on any atom is -0.459 e. The molecule has 26 heavy (non-hydrogen) atoms. The van der Waals surface area contributed by atoms with Gasteiger partial charge in [0.2, 0.25) is 5.91 Å². The van der Waals surface area contributed by atoms with Crippen LogP contribution in [0.1, 0.15) is 32.3 Å². The standard InChI is InChI=1S/C18H22N2O5S/c1-3-13-14-9-15(26-4-2)16(19(14)17(13)21)18(22)25-10-11-5-7-12(8-6-11)20(23)24/h5-8,13-16H,3-4,9-10H2,1-2H3/t13-,14?,15-,16+/m0/s1. The molecule has 1 aromatic rings. The molecule has 3 rings (SSSR count). The molecular formula is C18H22N2O5S. The predicted octanol–water partition coefficient (Wildman–Crippen LogP) is 2.77. The SMILES string of the molecule is CCS[C@H]1CC2[C@H](CC)C(=O)N2[C@H]1C(=O)OCc1ccc([N+](=O)[O-])cc1. The molecule has 0 spiro atoms. The molecule has 2 fully saturated rings. The summed E-state index contributed by atoms with van der Waals surface area (Å²) in [5.41, 5.74) is 0.675. The van der Waals surface area contributed by atoms with Crippen LogP contribution in [0.25, 0.3) is 0 Å². The second kappa shape index (κ2) is 7.65. The van der Waals surface area contributed by atoms with Gasteiger partial charge in [-0.05, 0) is 36.3 Å². The van der Waals surface area contributed by atoms with Crippen molar-refractivity contribution in [2.45, 2.75) is 50.6 Å². The van der Waals surface area contributed by atoms with Crippen LogP contribution < -0.4 is 0 Å². The van der Waals surface area contributed by atoms with Crippen molar-refractivity contribution in [2.24, 2.45) is 5.92 Å². The largest absolute Gasteiger partial charge is 0.459 e. The van der Waals surface area contributed by atoms with Gasteiger partial charge in [-0.1, -0.05) is 13.8 Å². The Bertz CT molecular complexity index is 708. The molecule has 2 aliphatic heterocycles. The van der Waals surface area contributed by atoms with Crippen LogP contribution in [0, 0.1) is 16.0 Å². The molecule has 1 aromatic carbocycles. The Labute approximate surface area is 156 Å². The van der Waals surface area contributed by atoms with Gasteiger partial charge in [-0.15, -0.1) is 0 Å². The highest BCUT2D eigenvalue weighted by molar-refractivity contribution is 7.99. The molecule has 0 saturated carbocycles. The zero-order valence-corrected chi connectivity index (χ0v) is 15.6. The van der Waals surface area contributed by atoms with Crippen LogP contribution in [0.4, 0.5) is 5.69 Å². The summed E-state index contributed by atoms with van der Waals surface area (Å²) in [5, 5.41) is 10.8. The summed E-state index contributed by atoms with van der Waals surface area (Å²) in [6.07, 6.45) is 1.63. The fourth-order valence-corrected chi connectivity index (χ4v) is 5.02. The average Bonchev–Trinajstić information content (AvgIpc) is 2.95. The van der Waals surface area contributed by atoms with Crippen LogP contribution in [-0.2, 0) is 20.9 Å². The van der Waals surface area contributed by atoms with E-state index < -0.39 is 11.0 Å². The maximum atomic E-state index is 12.7. The number of amides is 1. The number of carbonyl (C=O) groups is 2. The number of nitro benzene ring substituents is 1. The Morgan fingerprint density at radius 3 is 2.62 bits per heavy atom. The number of hydrogen-bond donors (Lipinski definition) is 0. The molecule has 2 aliphatic rings. The van der Waals surface area contributed by atoms with Crippen molar-refractivity contribution in [3.05, 3.63) is 39.9 Å². The van der Waals surface area contributed by atoms with Crippen molar-refractivity contribution >= 4 is 29.3 Å². The van der Waals surface area contributed by atoms with Gasteiger partial charge in [0.15, 0.2) is 0 Å².